The van der Waals surface area contributed by atoms with E-state index in [1.54, 1.807) is 24.3 Å². The summed E-state index contributed by atoms with van der Waals surface area (Å²) >= 11 is 0. The highest BCUT2D eigenvalue weighted by atomic mass is 16.5. The van der Waals surface area contributed by atoms with Crippen molar-refractivity contribution in [2.24, 2.45) is 5.16 Å². The van der Waals surface area contributed by atoms with E-state index in [2.05, 4.69) is 32.9 Å². The van der Waals surface area contributed by atoms with Gasteiger partial charge in [-0.1, -0.05) is 37.2 Å². The van der Waals surface area contributed by atoms with Gasteiger partial charge in [-0.2, -0.15) is 0 Å². The minimum absolute atomic E-state index is 0.0654. The van der Waals surface area contributed by atoms with E-state index in [9.17, 15) is 10.0 Å². The minimum Gasteiger partial charge on any atom is -0.488 e. The molecular formula is C23H25NO4. The SMILES string of the molecule is CC1(C)CC(C)(C)c2cc(C(C=Cc3ccc(C(=O)O)cc3)=NO)ccc2O1. The lowest BCUT2D eigenvalue weighted by Gasteiger charge is -2.42. The first-order valence-corrected chi connectivity index (χ1v) is 9.19. The predicted octanol–water partition coefficient (Wildman–Crippen LogP) is 5.12. The van der Waals surface area contributed by atoms with Crippen molar-refractivity contribution >= 4 is 17.8 Å². The van der Waals surface area contributed by atoms with Crippen molar-refractivity contribution in [3.05, 3.63) is 70.8 Å². The maximum absolute atomic E-state index is 10.9. The van der Waals surface area contributed by atoms with Crippen LogP contribution in [-0.4, -0.2) is 27.6 Å². The Morgan fingerprint density at radius 3 is 2.32 bits per heavy atom. The second kappa shape index (κ2) is 7.15. The fourth-order valence-electron chi connectivity index (χ4n) is 3.90. The molecule has 2 aromatic carbocycles. The van der Waals surface area contributed by atoms with E-state index in [4.69, 9.17) is 9.84 Å². The van der Waals surface area contributed by atoms with Crippen LogP contribution in [0.15, 0.2) is 53.7 Å². The van der Waals surface area contributed by atoms with Crippen LogP contribution in [0.4, 0.5) is 0 Å². The van der Waals surface area contributed by atoms with Crippen molar-refractivity contribution in [2.45, 2.75) is 45.1 Å². The number of oxime groups is 1. The van der Waals surface area contributed by atoms with Gasteiger partial charge in [-0.15, -0.1) is 0 Å². The van der Waals surface area contributed by atoms with Gasteiger partial charge in [-0.25, -0.2) is 4.79 Å². The second-order valence-corrected chi connectivity index (χ2v) is 8.38. The van der Waals surface area contributed by atoms with Crippen LogP contribution in [-0.2, 0) is 5.41 Å². The van der Waals surface area contributed by atoms with Crippen LogP contribution in [0.25, 0.3) is 6.08 Å². The third kappa shape index (κ3) is 4.09. The summed E-state index contributed by atoms with van der Waals surface area (Å²) < 4.78 is 6.11. The molecule has 0 bridgehead atoms. The van der Waals surface area contributed by atoms with Gasteiger partial charge in [0.2, 0.25) is 0 Å². The van der Waals surface area contributed by atoms with Gasteiger partial charge in [0.15, 0.2) is 0 Å². The fourth-order valence-corrected chi connectivity index (χ4v) is 3.90. The van der Waals surface area contributed by atoms with E-state index in [1.165, 1.54) is 12.1 Å². The predicted molar refractivity (Wildman–Crippen MR) is 110 cm³/mol. The van der Waals surface area contributed by atoms with E-state index in [0.29, 0.717) is 5.71 Å². The molecule has 146 valence electrons. The summed E-state index contributed by atoms with van der Waals surface area (Å²) in [6.07, 6.45) is 4.37. The van der Waals surface area contributed by atoms with Crippen molar-refractivity contribution < 1.29 is 19.8 Å². The summed E-state index contributed by atoms with van der Waals surface area (Å²) in [6, 6.07) is 12.3. The molecule has 2 N–H and O–H groups in total. The van der Waals surface area contributed by atoms with Crippen LogP contribution in [0.1, 0.15) is 61.2 Å². The molecule has 0 amide bonds. The molecule has 0 aromatic heterocycles. The van der Waals surface area contributed by atoms with Gasteiger partial charge in [0, 0.05) is 11.1 Å². The maximum Gasteiger partial charge on any atom is 0.335 e. The van der Waals surface area contributed by atoms with Gasteiger partial charge in [0.1, 0.15) is 17.1 Å². The first-order chi connectivity index (χ1) is 13.1. The molecule has 1 heterocycles. The molecular weight excluding hydrogens is 354 g/mol. The average molecular weight is 379 g/mol. The number of ether oxygens (including phenoxy) is 1. The number of hydrogen-bond donors (Lipinski definition) is 2. The zero-order chi connectivity index (χ0) is 20.5. The molecule has 0 fully saturated rings. The van der Waals surface area contributed by atoms with Crippen molar-refractivity contribution in [2.75, 3.05) is 0 Å². The highest BCUT2D eigenvalue weighted by molar-refractivity contribution is 6.10. The highest BCUT2D eigenvalue weighted by Gasteiger charge is 2.39. The standard InChI is InChI=1S/C23H25NO4/c1-22(2)14-23(3,4)28-20-12-10-17(13-18(20)22)19(24-27)11-7-15-5-8-16(9-6-15)21(25)26/h5-13,27H,14H2,1-4H3,(H,25,26). The third-order valence-corrected chi connectivity index (χ3v) is 4.96. The number of hydrogen-bond acceptors (Lipinski definition) is 4. The molecule has 0 unspecified atom stereocenters. The lowest BCUT2D eigenvalue weighted by molar-refractivity contribution is 0.0534. The van der Waals surface area contributed by atoms with Gasteiger partial charge in [0.25, 0.3) is 0 Å². The number of rotatable bonds is 4. The van der Waals surface area contributed by atoms with Crippen molar-refractivity contribution in [3.63, 3.8) is 0 Å². The molecule has 0 aliphatic carbocycles. The quantitative estimate of drug-likeness (QED) is 0.439. The van der Waals surface area contributed by atoms with E-state index in [1.807, 2.05) is 18.2 Å². The molecule has 0 saturated carbocycles. The Labute approximate surface area is 165 Å². The maximum atomic E-state index is 10.9. The Kier molecular flexibility index (Phi) is 5.02. The molecule has 0 spiro atoms. The highest BCUT2D eigenvalue weighted by Crippen LogP contribution is 2.44. The van der Waals surface area contributed by atoms with Crippen molar-refractivity contribution in [1.82, 2.24) is 0 Å². The largest absolute Gasteiger partial charge is 0.488 e. The number of carbonyl (C=O) groups is 1. The van der Waals surface area contributed by atoms with E-state index in [-0.39, 0.29) is 16.6 Å². The fraction of sp³-hybridized carbons (Fsp3) is 0.304. The Morgan fingerprint density at radius 1 is 1.07 bits per heavy atom. The number of allylic oxidation sites excluding steroid dienone is 1. The molecule has 5 heteroatoms. The zero-order valence-corrected chi connectivity index (χ0v) is 16.6. The monoisotopic (exact) mass is 379 g/mol. The van der Waals surface area contributed by atoms with E-state index >= 15 is 0 Å². The molecule has 1 aliphatic rings. The van der Waals surface area contributed by atoms with Crippen molar-refractivity contribution in [3.8, 4) is 5.75 Å². The van der Waals surface area contributed by atoms with Crippen LogP contribution < -0.4 is 4.74 Å². The summed E-state index contributed by atoms with van der Waals surface area (Å²) in [5.74, 6) is -0.106. The molecule has 0 atom stereocenters. The van der Waals surface area contributed by atoms with Crippen LogP contribution in [0, 0.1) is 0 Å². The third-order valence-electron chi connectivity index (χ3n) is 4.96. The van der Waals surface area contributed by atoms with Gasteiger partial charge in [0.05, 0.1) is 5.56 Å². The van der Waals surface area contributed by atoms with Gasteiger partial charge < -0.3 is 15.1 Å². The number of carboxylic acids is 1. The first kappa shape index (κ1) is 19.7. The summed E-state index contributed by atoms with van der Waals surface area (Å²) in [5.41, 5.74) is 3.05. The van der Waals surface area contributed by atoms with Gasteiger partial charge in [-0.05, 0) is 67.7 Å². The summed E-state index contributed by atoms with van der Waals surface area (Å²) in [7, 11) is 0. The summed E-state index contributed by atoms with van der Waals surface area (Å²) in [4.78, 5) is 10.9. The smallest absolute Gasteiger partial charge is 0.335 e. The molecule has 1 aliphatic heterocycles. The van der Waals surface area contributed by atoms with Crippen LogP contribution in [0.2, 0.25) is 0 Å². The van der Waals surface area contributed by atoms with Crippen LogP contribution >= 0.6 is 0 Å². The van der Waals surface area contributed by atoms with Crippen LogP contribution in [0.5, 0.6) is 5.75 Å². The van der Waals surface area contributed by atoms with Crippen molar-refractivity contribution in [1.29, 1.82) is 0 Å². The molecule has 2 aromatic rings. The molecule has 0 saturated heterocycles. The number of benzene rings is 2. The average Bonchev–Trinajstić information content (AvgIpc) is 2.61. The summed E-state index contributed by atoms with van der Waals surface area (Å²) in [5, 5.41) is 21.9. The topological polar surface area (TPSA) is 79.1 Å². The van der Waals surface area contributed by atoms with Gasteiger partial charge in [-0.3, -0.25) is 0 Å². The van der Waals surface area contributed by atoms with Gasteiger partial charge >= 0.3 is 5.97 Å². The van der Waals surface area contributed by atoms with E-state index in [0.717, 1.165) is 28.9 Å². The Hall–Kier alpha value is -3.08. The lowest BCUT2D eigenvalue weighted by atomic mass is 9.73. The number of fused-ring (bicyclic) bond motifs is 1. The minimum atomic E-state index is -0.963. The Bertz CT molecular complexity index is 953. The number of carboxylic acid groups (broad SMARTS) is 1. The van der Waals surface area contributed by atoms with E-state index < -0.39 is 5.97 Å². The first-order valence-electron chi connectivity index (χ1n) is 9.19. The normalized spacial score (nSPS) is 17.8. The number of aromatic carboxylic acids is 1. The molecule has 5 nitrogen and oxygen atoms in total. The molecule has 3 rings (SSSR count). The van der Waals surface area contributed by atoms with Crippen LogP contribution in [0.3, 0.4) is 0 Å². The molecule has 0 radical (unpaired) electrons. The lowest BCUT2D eigenvalue weighted by Crippen LogP contribution is -2.41. The molecule has 28 heavy (non-hydrogen) atoms. The Morgan fingerprint density at radius 2 is 1.71 bits per heavy atom. The zero-order valence-electron chi connectivity index (χ0n) is 16.6. The summed E-state index contributed by atoms with van der Waals surface area (Å²) in [6.45, 7) is 8.56. The number of nitrogens with zero attached hydrogens (tertiary/aromatic N) is 1. The Balaban J connectivity index is 1.89. The second-order valence-electron chi connectivity index (χ2n) is 8.38.